The summed E-state index contributed by atoms with van der Waals surface area (Å²) in [5.41, 5.74) is 1.44. The number of thioether (sulfide) groups is 1. The summed E-state index contributed by atoms with van der Waals surface area (Å²) < 4.78 is 0. The number of hydrogen-bond acceptors (Lipinski definition) is 3. The van der Waals surface area contributed by atoms with Gasteiger partial charge in [0.25, 0.3) is 0 Å². The highest BCUT2D eigenvalue weighted by atomic mass is 32.2. The summed E-state index contributed by atoms with van der Waals surface area (Å²) in [6.07, 6.45) is 3.91. The maximum absolute atomic E-state index is 3.72. The normalized spacial score (nSPS) is 17.4. The molecule has 0 amide bonds. The zero-order valence-corrected chi connectivity index (χ0v) is 13.5. The average molecular weight is 292 g/mol. The van der Waals surface area contributed by atoms with Crippen molar-refractivity contribution in [2.45, 2.75) is 38.8 Å². The lowest BCUT2D eigenvalue weighted by molar-refractivity contribution is 0.191. The van der Waals surface area contributed by atoms with Crippen LogP contribution in [0.1, 0.15) is 31.7 Å². The molecule has 0 saturated carbocycles. The Hall–Kier alpha value is -0.510. The van der Waals surface area contributed by atoms with Crippen LogP contribution in [0.15, 0.2) is 30.3 Å². The van der Waals surface area contributed by atoms with Gasteiger partial charge in [0.1, 0.15) is 0 Å². The summed E-state index contributed by atoms with van der Waals surface area (Å²) in [5.74, 6) is 2.55. The first-order valence-corrected chi connectivity index (χ1v) is 9.11. The van der Waals surface area contributed by atoms with Gasteiger partial charge in [-0.25, -0.2) is 0 Å². The van der Waals surface area contributed by atoms with Gasteiger partial charge in [-0.1, -0.05) is 37.3 Å². The largest absolute Gasteiger partial charge is 0.314 e. The van der Waals surface area contributed by atoms with Crippen molar-refractivity contribution in [1.29, 1.82) is 0 Å². The third-order valence-electron chi connectivity index (χ3n) is 3.94. The molecule has 2 nitrogen and oxygen atoms in total. The molecule has 1 heterocycles. The van der Waals surface area contributed by atoms with Crippen LogP contribution < -0.4 is 5.32 Å². The van der Waals surface area contributed by atoms with Crippen molar-refractivity contribution in [1.82, 2.24) is 10.2 Å². The van der Waals surface area contributed by atoms with Crippen molar-refractivity contribution in [3.05, 3.63) is 35.9 Å². The van der Waals surface area contributed by atoms with Crippen molar-refractivity contribution < 1.29 is 0 Å². The van der Waals surface area contributed by atoms with Crippen LogP contribution in [-0.4, -0.2) is 42.1 Å². The molecule has 1 aromatic carbocycles. The van der Waals surface area contributed by atoms with Gasteiger partial charge in [-0.05, 0) is 56.0 Å². The Bertz CT molecular complexity index is 347. The monoisotopic (exact) mass is 292 g/mol. The van der Waals surface area contributed by atoms with Gasteiger partial charge in [0.15, 0.2) is 0 Å². The quantitative estimate of drug-likeness (QED) is 0.740. The van der Waals surface area contributed by atoms with Crippen LogP contribution in [-0.2, 0) is 6.54 Å². The Morgan fingerprint density at radius 3 is 2.65 bits per heavy atom. The van der Waals surface area contributed by atoms with Gasteiger partial charge in [-0.3, -0.25) is 4.90 Å². The lowest BCUT2D eigenvalue weighted by atomic mass is 10.0. The van der Waals surface area contributed by atoms with E-state index in [0.29, 0.717) is 0 Å². The van der Waals surface area contributed by atoms with Crippen LogP contribution in [0.3, 0.4) is 0 Å². The van der Waals surface area contributed by atoms with Crippen LogP contribution in [0.2, 0.25) is 0 Å². The van der Waals surface area contributed by atoms with Crippen molar-refractivity contribution in [3.63, 3.8) is 0 Å². The van der Waals surface area contributed by atoms with E-state index in [-0.39, 0.29) is 0 Å². The number of hydrogen-bond donors (Lipinski definition) is 1. The summed E-state index contributed by atoms with van der Waals surface area (Å²) in [6.45, 7) is 7.00. The molecule has 1 aliphatic heterocycles. The Morgan fingerprint density at radius 1 is 1.20 bits per heavy atom. The molecule has 1 N–H and O–H groups in total. The molecule has 1 fully saturated rings. The fourth-order valence-corrected chi connectivity index (χ4v) is 3.40. The number of nitrogens with one attached hydrogen (secondary N) is 1. The Kier molecular flexibility index (Phi) is 7.48. The molecule has 1 saturated heterocycles. The third kappa shape index (κ3) is 5.86. The molecule has 1 aromatic rings. The zero-order valence-electron chi connectivity index (χ0n) is 12.7. The van der Waals surface area contributed by atoms with Crippen LogP contribution in [0.25, 0.3) is 0 Å². The van der Waals surface area contributed by atoms with Crippen molar-refractivity contribution in [2.75, 3.05) is 31.1 Å². The highest BCUT2D eigenvalue weighted by Gasteiger charge is 2.18. The highest BCUT2D eigenvalue weighted by Crippen LogP contribution is 2.14. The van der Waals surface area contributed by atoms with E-state index < -0.39 is 0 Å². The van der Waals surface area contributed by atoms with E-state index in [9.17, 15) is 0 Å². The molecule has 0 aliphatic carbocycles. The summed E-state index contributed by atoms with van der Waals surface area (Å²) in [5, 5.41) is 3.72. The van der Waals surface area contributed by atoms with E-state index in [4.69, 9.17) is 0 Å². The number of nitrogens with zero attached hydrogens (tertiary/aromatic N) is 1. The second kappa shape index (κ2) is 9.43. The maximum atomic E-state index is 3.72. The molecule has 2 rings (SSSR count). The van der Waals surface area contributed by atoms with Crippen LogP contribution >= 0.6 is 11.8 Å². The number of piperidine rings is 1. The molecule has 1 aliphatic rings. The molecule has 0 bridgehead atoms. The predicted molar refractivity (Wildman–Crippen MR) is 90.4 cm³/mol. The van der Waals surface area contributed by atoms with E-state index in [1.165, 1.54) is 56.0 Å². The van der Waals surface area contributed by atoms with Gasteiger partial charge in [-0.15, -0.1) is 0 Å². The predicted octanol–water partition coefficient (Wildman–Crippen LogP) is 3.38. The van der Waals surface area contributed by atoms with Crippen molar-refractivity contribution in [2.24, 2.45) is 0 Å². The fourth-order valence-electron chi connectivity index (χ4n) is 2.76. The second-order valence-electron chi connectivity index (χ2n) is 5.54. The van der Waals surface area contributed by atoms with Crippen molar-refractivity contribution >= 4 is 11.8 Å². The van der Waals surface area contributed by atoms with Gasteiger partial charge in [0.2, 0.25) is 0 Å². The third-order valence-corrected chi connectivity index (χ3v) is 4.92. The van der Waals surface area contributed by atoms with E-state index in [0.717, 1.165) is 12.6 Å². The summed E-state index contributed by atoms with van der Waals surface area (Å²) >= 11 is 2.05. The maximum Gasteiger partial charge on any atom is 0.0233 e. The molecule has 0 radical (unpaired) electrons. The smallest absolute Gasteiger partial charge is 0.0233 e. The molecule has 112 valence electrons. The van der Waals surface area contributed by atoms with Crippen LogP contribution in [0.4, 0.5) is 0 Å². The highest BCUT2D eigenvalue weighted by molar-refractivity contribution is 7.99. The topological polar surface area (TPSA) is 15.3 Å². The van der Waals surface area contributed by atoms with Gasteiger partial charge < -0.3 is 5.32 Å². The van der Waals surface area contributed by atoms with Gasteiger partial charge in [0.05, 0.1) is 0 Å². The lowest BCUT2D eigenvalue weighted by Gasteiger charge is -2.32. The molecular weight excluding hydrogens is 264 g/mol. The van der Waals surface area contributed by atoms with Crippen LogP contribution in [0, 0.1) is 0 Å². The van der Waals surface area contributed by atoms with Crippen LogP contribution in [0.5, 0.6) is 0 Å². The second-order valence-corrected chi connectivity index (χ2v) is 6.93. The summed E-state index contributed by atoms with van der Waals surface area (Å²) in [7, 11) is 0. The SMILES string of the molecule is CCSCCCNC1CCN(Cc2ccccc2)CC1. The Labute approximate surface area is 128 Å². The minimum absolute atomic E-state index is 0.744. The van der Waals surface area contributed by atoms with Gasteiger partial charge in [0, 0.05) is 12.6 Å². The van der Waals surface area contributed by atoms with E-state index >= 15 is 0 Å². The molecule has 0 unspecified atom stereocenters. The van der Waals surface area contributed by atoms with E-state index in [1.54, 1.807) is 0 Å². The number of rotatable bonds is 8. The molecule has 3 heteroatoms. The zero-order chi connectivity index (χ0) is 14.0. The number of benzene rings is 1. The Morgan fingerprint density at radius 2 is 1.95 bits per heavy atom. The van der Waals surface area contributed by atoms with Gasteiger partial charge >= 0.3 is 0 Å². The molecule has 0 aromatic heterocycles. The summed E-state index contributed by atoms with van der Waals surface area (Å²) in [6, 6.07) is 11.6. The first-order valence-electron chi connectivity index (χ1n) is 7.96. The van der Waals surface area contributed by atoms with E-state index in [2.05, 4.69) is 47.5 Å². The van der Waals surface area contributed by atoms with Crippen molar-refractivity contribution in [3.8, 4) is 0 Å². The van der Waals surface area contributed by atoms with E-state index in [1.807, 2.05) is 11.8 Å². The molecule has 0 spiro atoms. The molecule has 20 heavy (non-hydrogen) atoms. The standard InChI is InChI=1S/C17H28N2S/c1-2-20-14-6-11-18-17-9-12-19(13-10-17)15-16-7-4-3-5-8-16/h3-5,7-8,17-18H,2,6,9-15H2,1H3. The first kappa shape index (κ1) is 15.9. The first-order chi connectivity index (χ1) is 9.88. The molecular formula is C17H28N2S. The molecule has 0 atom stereocenters. The lowest BCUT2D eigenvalue weighted by Crippen LogP contribution is -2.42. The Balaban J connectivity index is 1.58. The minimum Gasteiger partial charge on any atom is -0.314 e. The fraction of sp³-hybridized carbons (Fsp3) is 0.647. The summed E-state index contributed by atoms with van der Waals surface area (Å²) in [4.78, 5) is 2.58. The van der Waals surface area contributed by atoms with Gasteiger partial charge in [-0.2, -0.15) is 11.8 Å². The number of likely N-dealkylation sites (tertiary alicyclic amines) is 1. The minimum atomic E-state index is 0.744. The average Bonchev–Trinajstić information content (AvgIpc) is 2.50.